The number of hydrogen-bond donors (Lipinski definition) is 2. The first-order chi connectivity index (χ1) is 9.31. The summed E-state index contributed by atoms with van der Waals surface area (Å²) in [6.45, 7) is 9.85. The minimum absolute atomic E-state index is 0.0417. The molecule has 0 atom stereocenters. The Balaban J connectivity index is 2.78. The molecule has 0 aromatic heterocycles. The van der Waals surface area contributed by atoms with Crippen molar-refractivity contribution in [3.05, 3.63) is 29.3 Å². The Morgan fingerprint density at radius 1 is 1.10 bits per heavy atom. The zero-order valence-electron chi connectivity index (χ0n) is 12.9. The molecule has 0 bridgehead atoms. The number of carbonyl (C=O) groups is 2. The number of aryl methyl sites for hydroxylation is 1. The fourth-order valence-electron chi connectivity index (χ4n) is 2.04. The highest BCUT2D eigenvalue weighted by Gasteiger charge is 2.14. The van der Waals surface area contributed by atoms with Gasteiger partial charge in [-0.2, -0.15) is 0 Å². The fourth-order valence-corrected chi connectivity index (χ4v) is 2.04. The second-order valence-electron chi connectivity index (χ2n) is 5.64. The van der Waals surface area contributed by atoms with Crippen molar-refractivity contribution in [1.82, 2.24) is 5.32 Å². The van der Waals surface area contributed by atoms with Crippen LogP contribution in [0.4, 0.5) is 5.69 Å². The van der Waals surface area contributed by atoms with Crippen LogP contribution >= 0.6 is 0 Å². The SMILES string of the molecule is Cc1cccc(C(C)C)c1NC(=O)CC(=O)NC(C)C. The number of nitrogens with one attached hydrogen (secondary N) is 2. The summed E-state index contributed by atoms with van der Waals surface area (Å²) in [6, 6.07) is 5.98. The molecule has 2 N–H and O–H groups in total. The fraction of sp³-hybridized carbons (Fsp3) is 0.500. The van der Waals surface area contributed by atoms with Crippen LogP contribution < -0.4 is 10.6 Å². The highest BCUT2D eigenvalue weighted by molar-refractivity contribution is 6.04. The molecule has 0 saturated carbocycles. The highest BCUT2D eigenvalue weighted by Crippen LogP contribution is 2.27. The van der Waals surface area contributed by atoms with Crippen molar-refractivity contribution in [1.29, 1.82) is 0 Å². The molecule has 20 heavy (non-hydrogen) atoms. The van der Waals surface area contributed by atoms with Gasteiger partial charge >= 0.3 is 0 Å². The van der Waals surface area contributed by atoms with Gasteiger partial charge in [0.05, 0.1) is 0 Å². The molecular formula is C16H24N2O2. The molecular weight excluding hydrogens is 252 g/mol. The highest BCUT2D eigenvalue weighted by atomic mass is 16.2. The lowest BCUT2D eigenvalue weighted by Crippen LogP contribution is -2.33. The molecule has 4 nitrogen and oxygen atoms in total. The Labute approximate surface area is 121 Å². The predicted molar refractivity (Wildman–Crippen MR) is 81.8 cm³/mol. The first-order valence-corrected chi connectivity index (χ1v) is 7.00. The summed E-state index contributed by atoms with van der Waals surface area (Å²) < 4.78 is 0. The van der Waals surface area contributed by atoms with E-state index >= 15 is 0 Å². The average molecular weight is 276 g/mol. The van der Waals surface area contributed by atoms with E-state index in [1.54, 1.807) is 0 Å². The lowest BCUT2D eigenvalue weighted by Gasteiger charge is -2.16. The van der Waals surface area contributed by atoms with Crippen LogP contribution in [0.15, 0.2) is 18.2 Å². The van der Waals surface area contributed by atoms with Crippen LogP contribution in [0.2, 0.25) is 0 Å². The molecule has 1 rings (SSSR count). The van der Waals surface area contributed by atoms with Gasteiger partial charge in [-0.3, -0.25) is 9.59 Å². The number of rotatable bonds is 5. The normalized spacial score (nSPS) is 10.8. The summed E-state index contributed by atoms with van der Waals surface area (Å²) >= 11 is 0. The molecule has 1 aromatic carbocycles. The minimum atomic E-state index is -0.278. The molecule has 0 heterocycles. The van der Waals surface area contributed by atoms with Gasteiger partial charge in [0.1, 0.15) is 6.42 Å². The van der Waals surface area contributed by atoms with Gasteiger partial charge in [-0.1, -0.05) is 32.0 Å². The van der Waals surface area contributed by atoms with Crippen LogP contribution in [0.3, 0.4) is 0 Å². The second kappa shape index (κ2) is 7.08. The number of amides is 2. The molecule has 2 amide bonds. The van der Waals surface area contributed by atoms with Crippen LogP contribution in [0.1, 0.15) is 51.2 Å². The molecule has 0 spiro atoms. The molecule has 1 aromatic rings. The summed E-state index contributed by atoms with van der Waals surface area (Å²) in [7, 11) is 0. The van der Waals surface area contributed by atoms with E-state index in [4.69, 9.17) is 0 Å². The molecule has 0 aliphatic carbocycles. The summed E-state index contributed by atoms with van der Waals surface area (Å²) in [4.78, 5) is 23.5. The summed E-state index contributed by atoms with van der Waals surface area (Å²) in [6.07, 6.45) is -0.149. The third kappa shape index (κ3) is 4.68. The number of hydrogen-bond acceptors (Lipinski definition) is 2. The van der Waals surface area contributed by atoms with Gasteiger partial charge in [0.15, 0.2) is 0 Å². The number of anilines is 1. The van der Waals surface area contributed by atoms with Gasteiger partial charge in [0.2, 0.25) is 11.8 Å². The Morgan fingerprint density at radius 2 is 1.75 bits per heavy atom. The molecule has 0 aliphatic heterocycles. The Hall–Kier alpha value is -1.84. The van der Waals surface area contributed by atoms with Crippen molar-refractivity contribution in [2.75, 3.05) is 5.32 Å². The maximum Gasteiger partial charge on any atom is 0.233 e. The monoisotopic (exact) mass is 276 g/mol. The van der Waals surface area contributed by atoms with Crippen molar-refractivity contribution in [3.63, 3.8) is 0 Å². The topological polar surface area (TPSA) is 58.2 Å². The van der Waals surface area contributed by atoms with E-state index in [1.165, 1.54) is 0 Å². The van der Waals surface area contributed by atoms with E-state index in [2.05, 4.69) is 24.5 Å². The van der Waals surface area contributed by atoms with Crippen LogP contribution in [0.5, 0.6) is 0 Å². The number of carbonyl (C=O) groups excluding carboxylic acids is 2. The van der Waals surface area contributed by atoms with E-state index in [0.29, 0.717) is 5.92 Å². The molecule has 0 fully saturated rings. The molecule has 0 radical (unpaired) electrons. The van der Waals surface area contributed by atoms with E-state index in [9.17, 15) is 9.59 Å². The summed E-state index contributed by atoms with van der Waals surface area (Å²) in [5, 5.41) is 5.58. The van der Waals surface area contributed by atoms with Crippen molar-refractivity contribution < 1.29 is 9.59 Å². The van der Waals surface area contributed by atoms with Crippen molar-refractivity contribution in [2.24, 2.45) is 0 Å². The molecule has 0 unspecified atom stereocenters. The Bertz CT molecular complexity index is 493. The van der Waals surface area contributed by atoms with Gasteiger partial charge in [-0.15, -0.1) is 0 Å². The van der Waals surface area contributed by atoms with Crippen molar-refractivity contribution in [3.8, 4) is 0 Å². The van der Waals surface area contributed by atoms with E-state index < -0.39 is 0 Å². The largest absolute Gasteiger partial charge is 0.353 e. The lowest BCUT2D eigenvalue weighted by molar-refractivity contribution is -0.127. The molecule has 4 heteroatoms. The lowest BCUT2D eigenvalue weighted by atomic mass is 9.98. The Morgan fingerprint density at radius 3 is 2.30 bits per heavy atom. The average Bonchev–Trinajstić information content (AvgIpc) is 2.29. The first-order valence-electron chi connectivity index (χ1n) is 7.00. The first kappa shape index (κ1) is 16.2. The summed E-state index contributed by atoms with van der Waals surface area (Å²) in [5.41, 5.74) is 2.92. The third-order valence-corrected chi connectivity index (χ3v) is 2.96. The predicted octanol–water partition coefficient (Wildman–Crippen LogP) is 2.97. The van der Waals surface area contributed by atoms with Crippen LogP contribution in [-0.2, 0) is 9.59 Å². The molecule has 0 aliphatic rings. The Kier molecular flexibility index (Phi) is 5.74. The van der Waals surface area contributed by atoms with Gasteiger partial charge in [0, 0.05) is 11.7 Å². The molecule has 110 valence electrons. The standard InChI is InChI=1S/C16H24N2O2/c1-10(2)13-8-6-7-12(5)16(13)18-15(20)9-14(19)17-11(3)4/h6-8,10-11H,9H2,1-5H3,(H,17,19)(H,18,20). The van der Waals surface area contributed by atoms with Gasteiger partial charge in [-0.05, 0) is 37.8 Å². The van der Waals surface area contributed by atoms with Crippen LogP contribution in [0, 0.1) is 6.92 Å². The van der Waals surface area contributed by atoms with E-state index in [-0.39, 0.29) is 24.3 Å². The number of para-hydroxylation sites is 1. The quantitative estimate of drug-likeness (QED) is 0.812. The van der Waals surface area contributed by atoms with Gasteiger partial charge in [-0.25, -0.2) is 0 Å². The zero-order valence-corrected chi connectivity index (χ0v) is 12.9. The maximum atomic E-state index is 12.0. The number of benzene rings is 1. The third-order valence-electron chi connectivity index (χ3n) is 2.96. The second-order valence-corrected chi connectivity index (χ2v) is 5.64. The van der Waals surface area contributed by atoms with Crippen molar-refractivity contribution >= 4 is 17.5 Å². The zero-order chi connectivity index (χ0) is 15.3. The van der Waals surface area contributed by atoms with Crippen LogP contribution in [0.25, 0.3) is 0 Å². The van der Waals surface area contributed by atoms with Gasteiger partial charge < -0.3 is 10.6 Å². The van der Waals surface area contributed by atoms with E-state index in [1.807, 2.05) is 39.0 Å². The van der Waals surface area contributed by atoms with Gasteiger partial charge in [0.25, 0.3) is 0 Å². The van der Waals surface area contributed by atoms with Crippen molar-refractivity contribution in [2.45, 2.75) is 53.0 Å². The summed E-state index contributed by atoms with van der Waals surface area (Å²) in [5.74, 6) is -0.216. The smallest absolute Gasteiger partial charge is 0.233 e. The van der Waals surface area contributed by atoms with E-state index in [0.717, 1.165) is 16.8 Å². The molecule has 0 saturated heterocycles. The minimum Gasteiger partial charge on any atom is -0.353 e. The maximum absolute atomic E-state index is 12.0. The van der Waals surface area contributed by atoms with Crippen LogP contribution in [-0.4, -0.2) is 17.9 Å².